The van der Waals surface area contributed by atoms with Gasteiger partial charge in [0.1, 0.15) is 0 Å². The van der Waals surface area contributed by atoms with Crippen molar-refractivity contribution in [3.63, 3.8) is 0 Å². The molecular formula is C15H13ClO3S. The van der Waals surface area contributed by atoms with Crippen LogP contribution in [0.2, 0.25) is 4.34 Å². The Morgan fingerprint density at radius 2 is 1.60 bits per heavy atom. The molecule has 5 heteroatoms. The maximum absolute atomic E-state index is 12.6. The van der Waals surface area contributed by atoms with E-state index in [1.165, 1.54) is 11.3 Å². The number of benzene rings is 1. The summed E-state index contributed by atoms with van der Waals surface area (Å²) in [4.78, 5) is 24.5. The summed E-state index contributed by atoms with van der Waals surface area (Å²) in [6.07, 6.45) is 0. The van der Waals surface area contributed by atoms with Crippen LogP contribution in [0.3, 0.4) is 0 Å². The van der Waals surface area contributed by atoms with Crippen molar-refractivity contribution < 1.29 is 14.7 Å². The molecule has 3 nitrogen and oxygen atoms in total. The Hall–Kier alpha value is -1.65. The zero-order chi connectivity index (χ0) is 15.0. The third kappa shape index (κ3) is 2.49. The van der Waals surface area contributed by atoms with Gasteiger partial charge in [-0.05, 0) is 43.5 Å². The van der Waals surface area contributed by atoms with Gasteiger partial charge in [0.25, 0.3) is 0 Å². The lowest BCUT2D eigenvalue weighted by molar-refractivity contribution is 0.0692. The Morgan fingerprint density at radius 1 is 1.05 bits per heavy atom. The molecule has 0 spiro atoms. The minimum Gasteiger partial charge on any atom is -0.478 e. The Labute approximate surface area is 125 Å². The molecule has 0 amide bonds. The molecule has 0 radical (unpaired) electrons. The number of hydrogen-bond donors (Lipinski definition) is 1. The molecule has 0 fully saturated rings. The quantitative estimate of drug-likeness (QED) is 0.862. The zero-order valence-electron chi connectivity index (χ0n) is 11.3. The topological polar surface area (TPSA) is 54.4 Å². The SMILES string of the molecule is Cc1cc(C(=O)c2c(C)ccc(C)c2C(=O)O)sc1Cl. The number of aromatic carboxylic acids is 1. The lowest BCUT2D eigenvalue weighted by Gasteiger charge is -2.10. The van der Waals surface area contributed by atoms with Crippen LogP contribution in [0.15, 0.2) is 18.2 Å². The zero-order valence-corrected chi connectivity index (χ0v) is 12.9. The third-order valence-electron chi connectivity index (χ3n) is 3.14. The molecule has 0 aliphatic rings. The second kappa shape index (κ2) is 5.38. The number of carbonyl (C=O) groups is 2. The molecule has 1 heterocycles. The van der Waals surface area contributed by atoms with Crippen LogP contribution >= 0.6 is 22.9 Å². The molecule has 0 unspecified atom stereocenters. The van der Waals surface area contributed by atoms with Crippen molar-refractivity contribution in [2.45, 2.75) is 20.8 Å². The minimum atomic E-state index is -1.09. The van der Waals surface area contributed by atoms with E-state index in [1.54, 1.807) is 32.0 Å². The number of carboxylic acid groups (broad SMARTS) is 1. The number of carbonyl (C=O) groups excluding carboxylic acids is 1. The number of aryl methyl sites for hydroxylation is 3. The molecule has 1 aromatic heterocycles. The van der Waals surface area contributed by atoms with E-state index in [1.807, 2.05) is 6.92 Å². The molecule has 20 heavy (non-hydrogen) atoms. The lowest BCUT2D eigenvalue weighted by Crippen LogP contribution is -2.12. The number of rotatable bonds is 3. The minimum absolute atomic E-state index is 0.0668. The first-order chi connectivity index (χ1) is 9.32. The number of halogens is 1. The molecule has 0 atom stereocenters. The van der Waals surface area contributed by atoms with Crippen LogP contribution in [0, 0.1) is 20.8 Å². The Balaban J connectivity index is 2.65. The van der Waals surface area contributed by atoms with Crippen LogP contribution in [0.4, 0.5) is 0 Å². The van der Waals surface area contributed by atoms with Gasteiger partial charge >= 0.3 is 5.97 Å². The predicted octanol–water partition coefficient (Wildman–Crippen LogP) is 4.26. The van der Waals surface area contributed by atoms with Crippen LogP contribution in [0.1, 0.15) is 42.3 Å². The first kappa shape index (κ1) is 14.8. The number of carboxylic acids is 1. The summed E-state index contributed by atoms with van der Waals surface area (Å²) in [6, 6.07) is 5.17. The second-order valence-electron chi connectivity index (χ2n) is 4.65. The monoisotopic (exact) mass is 308 g/mol. The van der Waals surface area contributed by atoms with E-state index in [2.05, 4.69) is 0 Å². The predicted molar refractivity (Wildman–Crippen MR) is 80.4 cm³/mol. The highest BCUT2D eigenvalue weighted by molar-refractivity contribution is 7.18. The van der Waals surface area contributed by atoms with Crippen LogP contribution in [-0.4, -0.2) is 16.9 Å². The fourth-order valence-corrected chi connectivity index (χ4v) is 3.22. The van der Waals surface area contributed by atoms with Gasteiger partial charge in [-0.2, -0.15) is 0 Å². The number of ketones is 1. The first-order valence-electron chi connectivity index (χ1n) is 5.97. The van der Waals surface area contributed by atoms with Crippen molar-refractivity contribution in [2.75, 3.05) is 0 Å². The molecule has 1 N–H and O–H groups in total. The average molecular weight is 309 g/mol. The average Bonchev–Trinajstić information content (AvgIpc) is 2.71. The standard InChI is InChI=1S/C15H13ClO3S/c1-7-4-5-8(2)12(15(18)19)11(7)13(17)10-6-9(3)14(16)20-10/h4-6H,1-3H3,(H,18,19). The maximum Gasteiger partial charge on any atom is 0.336 e. The van der Waals surface area contributed by atoms with Gasteiger partial charge in [-0.15, -0.1) is 11.3 Å². The smallest absolute Gasteiger partial charge is 0.336 e. The van der Waals surface area contributed by atoms with E-state index < -0.39 is 5.97 Å². The molecule has 0 bridgehead atoms. The highest BCUT2D eigenvalue weighted by atomic mass is 35.5. The van der Waals surface area contributed by atoms with Gasteiger partial charge in [0.2, 0.25) is 5.78 Å². The number of hydrogen-bond acceptors (Lipinski definition) is 3. The maximum atomic E-state index is 12.6. The number of thiophene rings is 1. The van der Waals surface area contributed by atoms with Gasteiger partial charge in [-0.3, -0.25) is 4.79 Å². The Morgan fingerprint density at radius 3 is 2.05 bits per heavy atom. The largest absolute Gasteiger partial charge is 0.478 e. The van der Waals surface area contributed by atoms with E-state index in [9.17, 15) is 14.7 Å². The van der Waals surface area contributed by atoms with E-state index in [0.717, 1.165) is 5.56 Å². The fourth-order valence-electron chi connectivity index (χ4n) is 2.07. The van der Waals surface area contributed by atoms with Crippen molar-refractivity contribution in [3.8, 4) is 0 Å². The van der Waals surface area contributed by atoms with E-state index >= 15 is 0 Å². The molecule has 2 aromatic rings. The van der Waals surface area contributed by atoms with Gasteiger partial charge in [-0.1, -0.05) is 23.7 Å². The summed E-state index contributed by atoms with van der Waals surface area (Å²) >= 11 is 7.16. The summed E-state index contributed by atoms with van der Waals surface area (Å²) in [5.41, 5.74) is 2.36. The fraction of sp³-hybridized carbons (Fsp3) is 0.200. The summed E-state index contributed by atoms with van der Waals surface area (Å²) in [5.74, 6) is -1.38. The van der Waals surface area contributed by atoms with Gasteiger partial charge in [0.05, 0.1) is 14.8 Å². The summed E-state index contributed by atoms with van der Waals surface area (Å²) in [7, 11) is 0. The van der Waals surface area contributed by atoms with Gasteiger partial charge < -0.3 is 5.11 Å². The van der Waals surface area contributed by atoms with Crippen LogP contribution in [0.25, 0.3) is 0 Å². The van der Waals surface area contributed by atoms with Crippen molar-refractivity contribution in [1.29, 1.82) is 0 Å². The molecular weight excluding hydrogens is 296 g/mol. The third-order valence-corrected chi connectivity index (χ3v) is 4.70. The van der Waals surface area contributed by atoms with Crippen molar-refractivity contribution in [3.05, 3.63) is 55.2 Å². The lowest BCUT2D eigenvalue weighted by atomic mass is 9.93. The van der Waals surface area contributed by atoms with Crippen LogP contribution < -0.4 is 0 Å². The van der Waals surface area contributed by atoms with Crippen LogP contribution in [-0.2, 0) is 0 Å². The molecule has 0 saturated heterocycles. The summed E-state index contributed by atoms with van der Waals surface area (Å²) in [5, 5.41) is 9.35. The van der Waals surface area contributed by atoms with Crippen molar-refractivity contribution >= 4 is 34.7 Å². The highest BCUT2D eigenvalue weighted by Gasteiger charge is 2.23. The molecule has 0 aliphatic carbocycles. The molecule has 1 aromatic carbocycles. The summed E-state index contributed by atoms with van der Waals surface area (Å²) in [6.45, 7) is 5.24. The van der Waals surface area contributed by atoms with Crippen molar-refractivity contribution in [1.82, 2.24) is 0 Å². The normalized spacial score (nSPS) is 10.6. The second-order valence-corrected chi connectivity index (χ2v) is 6.31. The van der Waals surface area contributed by atoms with E-state index in [0.29, 0.717) is 20.3 Å². The summed E-state index contributed by atoms with van der Waals surface area (Å²) < 4.78 is 0.551. The highest BCUT2D eigenvalue weighted by Crippen LogP contribution is 2.30. The van der Waals surface area contributed by atoms with Gasteiger partial charge in [0.15, 0.2) is 0 Å². The Bertz CT molecular complexity index is 697. The first-order valence-corrected chi connectivity index (χ1v) is 7.16. The molecule has 104 valence electrons. The Kier molecular flexibility index (Phi) is 3.97. The van der Waals surface area contributed by atoms with Gasteiger partial charge in [-0.25, -0.2) is 4.79 Å². The van der Waals surface area contributed by atoms with Gasteiger partial charge in [0, 0.05) is 5.56 Å². The molecule has 0 aliphatic heterocycles. The molecule has 0 saturated carbocycles. The van der Waals surface area contributed by atoms with E-state index in [4.69, 9.17) is 11.6 Å². The van der Waals surface area contributed by atoms with E-state index in [-0.39, 0.29) is 16.9 Å². The van der Waals surface area contributed by atoms with Crippen molar-refractivity contribution in [2.24, 2.45) is 0 Å². The molecule has 2 rings (SSSR count). The van der Waals surface area contributed by atoms with Crippen LogP contribution in [0.5, 0.6) is 0 Å².